The van der Waals surface area contributed by atoms with Crippen molar-refractivity contribution in [2.75, 3.05) is 0 Å². The largest absolute Gasteiger partial charge is 0.126 e. The molecule has 0 aliphatic heterocycles. The molecule has 0 N–H and O–H groups in total. The van der Waals surface area contributed by atoms with Crippen molar-refractivity contribution < 1.29 is 0 Å². The van der Waals surface area contributed by atoms with Crippen LogP contribution in [0.1, 0.15) is 20.8 Å². The van der Waals surface area contributed by atoms with Crippen molar-refractivity contribution in [3.8, 4) is 0 Å². The van der Waals surface area contributed by atoms with Crippen molar-refractivity contribution in [3.05, 3.63) is 30.3 Å². The first kappa shape index (κ1) is 10.8. The Morgan fingerprint density at radius 2 is 1.69 bits per heavy atom. The number of hydrogen-bond donors (Lipinski definition) is 0. The van der Waals surface area contributed by atoms with E-state index in [4.69, 9.17) is 11.6 Å². The van der Waals surface area contributed by atoms with Gasteiger partial charge in [-0.05, 0) is 5.41 Å². The number of alkyl halides is 1. The highest BCUT2D eigenvalue weighted by molar-refractivity contribution is 6.64. The average molecular weight is 213 g/mol. The summed E-state index contributed by atoms with van der Waals surface area (Å²) < 4.78 is 0. The van der Waals surface area contributed by atoms with Gasteiger partial charge < -0.3 is 0 Å². The van der Waals surface area contributed by atoms with Gasteiger partial charge in [0.1, 0.15) is 0 Å². The Kier molecular flexibility index (Phi) is 3.57. The number of rotatable bonds is 2. The molecule has 1 rings (SSSR count). The lowest BCUT2D eigenvalue weighted by molar-refractivity contribution is 0.448. The van der Waals surface area contributed by atoms with E-state index in [1.165, 1.54) is 5.19 Å². The standard InChI is InChI=1S/C11H17ClSi/c1-11(2,3)10(12)13-9-7-5-4-6-8-9/h4-8,10H,13H2,1-3H3. The number of hydrogen-bond acceptors (Lipinski definition) is 0. The van der Waals surface area contributed by atoms with Crippen molar-refractivity contribution in [1.82, 2.24) is 0 Å². The minimum atomic E-state index is -0.326. The first-order valence-corrected chi connectivity index (χ1v) is 6.64. The van der Waals surface area contributed by atoms with Crippen LogP contribution >= 0.6 is 11.6 Å². The molecular weight excluding hydrogens is 196 g/mol. The van der Waals surface area contributed by atoms with Crippen LogP contribution in [0.15, 0.2) is 30.3 Å². The van der Waals surface area contributed by atoms with E-state index in [2.05, 4.69) is 51.1 Å². The van der Waals surface area contributed by atoms with Crippen molar-refractivity contribution in [2.24, 2.45) is 5.41 Å². The lowest BCUT2D eigenvalue weighted by Gasteiger charge is -2.24. The first-order chi connectivity index (χ1) is 6.00. The molecule has 0 amide bonds. The van der Waals surface area contributed by atoms with Crippen LogP contribution < -0.4 is 5.19 Å². The van der Waals surface area contributed by atoms with E-state index in [1.807, 2.05) is 0 Å². The van der Waals surface area contributed by atoms with Crippen molar-refractivity contribution in [1.29, 1.82) is 0 Å². The predicted octanol–water partition coefficient (Wildman–Crippen LogP) is 2.09. The molecule has 0 saturated carbocycles. The van der Waals surface area contributed by atoms with Gasteiger partial charge in [0.05, 0.1) is 9.52 Å². The van der Waals surface area contributed by atoms with E-state index in [0.717, 1.165) is 0 Å². The smallest absolute Gasteiger partial charge is 0.0759 e. The molecule has 0 bridgehead atoms. The van der Waals surface area contributed by atoms with Gasteiger partial charge in [-0.1, -0.05) is 56.3 Å². The summed E-state index contributed by atoms with van der Waals surface area (Å²) in [5.41, 5.74) is 0.240. The SMILES string of the molecule is CC(C)(C)C(Cl)[SiH2]c1ccccc1. The zero-order valence-electron chi connectivity index (χ0n) is 8.55. The van der Waals surface area contributed by atoms with E-state index >= 15 is 0 Å². The normalized spacial score (nSPS) is 15.1. The molecule has 1 atom stereocenters. The summed E-state index contributed by atoms with van der Waals surface area (Å²) in [6, 6.07) is 10.6. The van der Waals surface area contributed by atoms with Crippen LogP contribution in [0.4, 0.5) is 0 Å². The van der Waals surface area contributed by atoms with E-state index in [-0.39, 0.29) is 14.9 Å². The molecule has 0 spiro atoms. The topological polar surface area (TPSA) is 0 Å². The summed E-state index contributed by atoms with van der Waals surface area (Å²) in [6.07, 6.45) is 0. The first-order valence-electron chi connectivity index (χ1n) is 4.68. The fourth-order valence-electron chi connectivity index (χ4n) is 1.13. The van der Waals surface area contributed by atoms with E-state index in [9.17, 15) is 0 Å². The highest BCUT2D eigenvalue weighted by atomic mass is 35.5. The van der Waals surface area contributed by atoms with Crippen LogP contribution in [-0.2, 0) is 0 Å². The highest BCUT2D eigenvalue weighted by Crippen LogP contribution is 2.22. The predicted molar refractivity (Wildman–Crippen MR) is 63.7 cm³/mol. The zero-order chi connectivity index (χ0) is 9.90. The number of benzene rings is 1. The van der Waals surface area contributed by atoms with Gasteiger partial charge in [-0.3, -0.25) is 0 Å². The Labute approximate surface area is 88.1 Å². The summed E-state index contributed by atoms with van der Waals surface area (Å²) in [4.78, 5) is 0. The molecule has 0 radical (unpaired) electrons. The van der Waals surface area contributed by atoms with Gasteiger partial charge in [-0.15, -0.1) is 11.6 Å². The van der Waals surface area contributed by atoms with Gasteiger partial charge in [-0.2, -0.15) is 0 Å². The summed E-state index contributed by atoms with van der Waals surface area (Å²) >= 11 is 6.35. The van der Waals surface area contributed by atoms with Crippen LogP contribution in [0.5, 0.6) is 0 Å². The van der Waals surface area contributed by atoms with Gasteiger partial charge in [-0.25, -0.2) is 0 Å². The molecule has 1 aromatic carbocycles. The van der Waals surface area contributed by atoms with Crippen LogP contribution in [0.2, 0.25) is 0 Å². The van der Waals surface area contributed by atoms with Gasteiger partial charge in [0.2, 0.25) is 0 Å². The van der Waals surface area contributed by atoms with Crippen LogP contribution in [0, 0.1) is 5.41 Å². The molecule has 0 saturated heterocycles. The van der Waals surface area contributed by atoms with Crippen LogP contribution in [0.25, 0.3) is 0 Å². The molecule has 0 fully saturated rings. The fraction of sp³-hybridized carbons (Fsp3) is 0.455. The second-order valence-electron chi connectivity index (χ2n) is 4.52. The average Bonchev–Trinajstić information content (AvgIpc) is 2.04. The van der Waals surface area contributed by atoms with Gasteiger partial charge in [0.15, 0.2) is 0 Å². The third kappa shape index (κ3) is 3.53. The van der Waals surface area contributed by atoms with E-state index in [0.29, 0.717) is 5.00 Å². The molecule has 0 aliphatic rings. The molecule has 0 heterocycles. The summed E-state index contributed by atoms with van der Waals surface area (Å²) in [7, 11) is -0.326. The Morgan fingerprint density at radius 1 is 1.15 bits per heavy atom. The lowest BCUT2D eigenvalue weighted by atomic mass is 10.00. The van der Waals surface area contributed by atoms with Gasteiger partial charge in [0.25, 0.3) is 0 Å². The van der Waals surface area contributed by atoms with Gasteiger partial charge >= 0.3 is 0 Å². The van der Waals surface area contributed by atoms with Crippen LogP contribution in [0.3, 0.4) is 0 Å². The van der Waals surface area contributed by atoms with Crippen molar-refractivity contribution in [2.45, 2.75) is 25.8 Å². The summed E-state index contributed by atoms with van der Waals surface area (Å²) in [5.74, 6) is 0. The summed E-state index contributed by atoms with van der Waals surface area (Å²) in [6.45, 7) is 6.63. The fourth-order valence-corrected chi connectivity index (χ4v) is 3.23. The molecular formula is C11H17ClSi. The zero-order valence-corrected chi connectivity index (χ0v) is 10.7. The molecule has 1 aromatic rings. The van der Waals surface area contributed by atoms with Crippen LogP contribution in [-0.4, -0.2) is 14.5 Å². The molecule has 0 aromatic heterocycles. The molecule has 0 nitrogen and oxygen atoms in total. The minimum Gasteiger partial charge on any atom is -0.126 e. The lowest BCUT2D eigenvalue weighted by Crippen LogP contribution is -2.33. The van der Waals surface area contributed by atoms with Gasteiger partial charge in [0, 0.05) is 5.00 Å². The molecule has 13 heavy (non-hydrogen) atoms. The quantitative estimate of drug-likeness (QED) is 0.521. The van der Waals surface area contributed by atoms with Crippen molar-refractivity contribution >= 4 is 26.3 Å². The Balaban J connectivity index is 2.61. The van der Waals surface area contributed by atoms with E-state index < -0.39 is 0 Å². The number of halogens is 1. The summed E-state index contributed by atoms with van der Waals surface area (Å²) in [5, 5.41) is 1.80. The molecule has 72 valence electrons. The minimum absolute atomic E-state index is 0.240. The Bertz CT molecular complexity index is 251. The maximum atomic E-state index is 6.35. The molecule has 2 heteroatoms. The second-order valence-corrected chi connectivity index (χ2v) is 7.61. The Hall–Kier alpha value is -0.273. The molecule has 1 unspecified atom stereocenters. The third-order valence-electron chi connectivity index (χ3n) is 2.20. The second kappa shape index (κ2) is 4.29. The highest BCUT2D eigenvalue weighted by Gasteiger charge is 2.22. The third-order valence-corrected chi connectivity index (χ3v) is 5.84. The molecule has 0 aliphatic carbocycles. The Morgan fingerprint density at radius 3 is 2.15 bits per heavy atom. The van der Waals surface area contributed by atoms with Crippen molar-refractivity contribution in [3.63, 3.8) is 0 Å². The maximum absolute atomic E-state index is 6.35. The maximum Gasteiger partial charge on any atom is 0.0759 e. The van der Waals surface area contributed by atoms with E-state index in [1.54, 1.807) is 0 Å². The monoisotopic (exact) mass is 212 g/mol.